The third-order valence-electron chi connectivity index (χ3n) is 4.26. The van der Waals surface area contributed by atoms with Crippen LogP contribution in [0.25, 0.3) is 22.2 Å². The first-order chi connectivity index (χ1) is 13.0. The van der Waals surface area contributed by atoms with E-state index in [-0.39, 0.29) is 6.03 Å². The average Bonchev–Trinajstić information content (AvgIpc) is 3.09. The van der Waals surface area contributed by atoms with E-state index in [0.717, 1.165) is 22.0 Å². The van der Waals surface area contributed by atoms with Crippen LogP contribution in [-0.4, -0.2) is 28.7 Å². The Morgan fingerprint density at radius 2 is 2.04 bits per heavy atom. The molecule has 7 heteroatoms. The van der Waals surface area contributed by atoms with Crippen molar-refractivity contribution in [1.82, 2.24) is 15.5 Å². The summed E-state index contributed by atoms with van der Waals surface area (Å²) in [4.78, 5) is 23.5. The molecular weight excluding hydrogens is 342 g/mol. The lowest BCUT2D eigenvalue weighted by molar-refractivity contribution is 0.100. The molecular formula is C20H21N5O2. The number of anilines is 1. The monoisotopic (exact) mass is 363 g/mol. The van der Waals surface area contributed by atoms with Crippen LogP contribution >= 0.6 is 0 Å². The third kappa shape index (κ3) is 4.14. The second-order valence-electron chi connectivity index (χ2n) is 6.22. The summed E-state index contributed by atoms with van der Waals surface area (Å²) in [7, 11) is 0. The summed E-state index contributed by atoms with van der Waals surface area (Å²) in [5, 5.41) is 13.7. The smallest absolute Gasteiger partial charge is 0.319 e. The number of allylic oxidation sites excluding steroid dienone is 1. The predicted octanol–water partition coefficient (Wildman–Crippen LogP) is 3.42. The topological polar surface area (TPSA) is 113 Å². The molecule has 0 aliphatic carbocycles. The fraction of sp³-hybridized carbons (Fsp3) is 0.150. The van der Waals surface area contributed by atoms with E-state index in [4.69, 9.17) is 5.73 Å². The summed E-state index contributed by atoms with van der Waals surface area (Å²) in [6, 6.07) is 12.2. The molecule has 5 N–H and O–H groups in total. The van der Waals surface area contributed by atoms with Gasteiger partial charge in [0.05, 0.1) is 11.2 Å². The van der Waals surface area contributed by atoms with Gasteiger partial charge in [0.1, 0.15) is 0 Å². The van der Waals surface area contributed by atoms with E-state index in [1.165, 1.54) is 0 Å². The zero-order chi connectivity index (χ0) is 19.4. The number of aromatic amines is 1. The van der Waals surface area contributed by atoms with Crippen molar-refractivity contribution in [2.45, 2.75) is 13.8 Å². The molecule has 0 spiro atoms. The van der Waals surface area contributed by atoms with Crippen molar-refractivity contribution >= 4 is 28.5 Å². The molecule has 0 radical (unpaired) electrons. The molecule has 0 atom stereocenters. The van der Waals surface area contributed by atoms with E-state index in [1.54, 1.807) is 24.3 Å². The highest BCUT2D eigenvalue weighted by atomic mass is 16.2. The van der Waals surface area contributed by atoms with Gasteiger partial charge in [-0.2, -0.15) is 5.10 Å². The number of fused-ring (bicyclic) bond motifs is 1. The number of nitrogens with zero attached hydrogens (tertiary/aromatic N) is 1. The standard InChI is InChI=1S/C20H21N5O2/c1-3-12(2)11-22-20(27)23-15-6-4-5-13(9-15)18-16-10-14(19(21)26)7-8-17(16)24-25-18/h3-10H,11H2,1-2H3,(H2,21,26)(H,24,25)(H2,22,23,27)/b12-3+. The fourth-order valence-electron chi connectivity index (χ4n) is 2.63. The number of primary amides is 1. The molecule has 3 aromatic rings. The number of H-pyrrole nitrogens is 1. The first kappa shape index (κ1) is 18.2. The van der Waals surface area contributed by atoms with Crippen LogP contribution in [0.2, 0.25) is 0 Å². The lowest BCUT2D eigenvalue weighted by Crippen LogP contribution is -2.29. The summed E-state index contributed by atoms with van der Waals surface area (Å²) in [5.74, 6) is -0.493. The Morgan fingerprint density at radius 3 is 2.78 bits per heavy atom. The number of rotatable bonds is 5. The number of nitrogens with one attached hydrogen (secondary N) is 3. The number of hydrogen-bond acceptors (Lipinski definition) is 3. The first-order valence-corrected chi connectivity index (χ1v) is 8.53. The lowest BCUT2D eigenvalue weighted by atomic mass is 10.0. The Bertz CT molecular complexity index is 1040. The molecule has 2 aromatic carbocycles. The normalized spacial score (nSPS) is 11.4. The van der Waals surface area contributed by atoms with Crippen molar-refractivity contribution in [2.24, 2.45) is 5.73 Å². The van der Waals surface area contributed by atoms with Crippen LogP contribution < -0.4 is 16.4 Å². The third-order valence-corrected chi connectivity index (χ3v) is 4.26. The molecule has 138 valence electrons. The molecule has 3 amide bonds. The van der Waals surface area contributed by atoms with Crippen LogP contribution in [-0.2, 0) is 0 Å². The Morgan fingerprint density at radius 1 is 1.22 bits per heavy atom. The van der Waals surface area contributed by atoms with Crippen molar-refractivity contribution in [2.75, 3.05) is 11.9 Å². The van der Waals surface area contributed by atoms with Gasteiger partial charge in [0.15, 0.2) is 0 Å². The van der Waals surface area contributed by atoms with Crippen molar-refractivity contribution in [3.63, 3.8) is 0 Å². The number of nitrogens with two attached hydrogens (primary N) is 1. The zero-order valence-corrected chi connectivity index (χ0v) is 15.2. The van der Waals surface area contributed by atoms with Crippen LogP contribution in [0.15, 0.2) is 54.1 Å². The number of benzene rings is 2. The van der Waals surface area contributed by atoms with Gasteiger partial charge in [-0.25, -0.2) is 4.79 Å². The number of amides is 3. The minimum atomic E-state index is -0.493. The number of hydrogen-bond donors (Lipinski definition) is 4. The maximum absolute atomic E-state index is 12.0. The average molecular weight is 363 g/mol. The molecule has 7 nitrogen and oxygen atoms in total. The SMILES string of the molecule is C/C=C(\C)CNC(=O)Nc1cccc(-c2n[nH]c3ccc(C(N)=O)cc23)c1. The Kier molecular flexibility index (Phi) is 5.21. The molecule has 0 aliphatic rings. The lowest BCUT2D eigenvalue weighted by Gasteiger charge is -2.09. The fourth-order valence-corrected chi connectivity index (χ4v) is 2.63. The first-order valence-electron chi connectivity index (χ1n) is 8.53. The Hall–Kier alpha value is -3.61. The molecule has 1 heterocycles. The summed E-state index contributed by atoms with van der Waals surface area (Å²) in [5.41, 5.74) is 9.80. The van der Waals surface area contributed by atoms with Crippen molar-refractivity contribution in [3.05, 3.63) is 59.7 Å². The number of carbonyl (C=O) groups is 2. The van der Waals surface area contributed by atoms with Gasteiger partial charge >= 0.3 is 6.03 Å². The molecule has 0 saturated carbocycles. The molecule has 3 rings (SSSR count). The number of carbonyl (C=O) groups excluding carboxylic acids is 2. The number of urea groups is 1. The van der Waals surface area contributed by atoms with Crippen LogP contribution in [0.1, 0.15) is 24.2 Å². The van der Waals surface area contributed by atoms with E-state index >= 15 is 0 Å². The Balaban J connectivity index is 1.85. The van der Waals surface area contributed by atoms with Gasteiger partial charge in [0.25, 0.3) is 0 Å². The highest BCUT2D eigenvalue weighted by Gasteiger charge is 2.12. The van der Waals surface area contributed by atoms with Crippen LogP contribution in [0.5, 0.6) is 0 Å². The van der Waals surface area contributed by atoms with Gasteiger partial charge < -0.3 is 16.4 Å². The van der Waals surface area contributed by atoms with E-state index in [9.17, 15) is 9.59 Å². The van der Waals surface area contributed by atoms with Gasteiger partial charge in [-0.05, 0) is 44.2 Å². The van der Waals surface area contributed by atoms with Crippen LogP contribution in [0.4, 0.5) is 10.5 Å². The predicted molar refractivity (Wildman–Crippen MR) is 107 cm³/mol. The highest BCUT2D eigenvalue weighted by molar-refractivity contribution is 6.01. The number of aromatic nitrogens is 2. The van der Waals surface area contributed by atoms with E-state index in [2.05, 4.69) is 20.8 Å². The van der Waals surface area contributed by atoms with Crippen LogP contribution in [0.3, 0.4) is 0 Å². The van der Waals surface area contributed by atoms with Gasteiger partial charge in [0, 0.05) is 28.7 Å². The van der Waals surface area contributed by atoms with Crippen LogP contribution in [0, 0.1) is 0 Å². The minimum Gasteiger partial charge on any atom is -0.366 e. The van der Waals surface area contributed by atoms with E-state index < -0.39 is 5.91 Å². The van der Waals surface area contributed by atoms with E-state index in [1.807, 2.05) is 38.1 Å². The molecule has 0 saturated heterocycles. The van der Waals surface area contributed by atoms with Gasteiger partial charge in [0.2, 0.25) is 5.91 Å². The molecule has 0 fully saturated rings. The van der Waals surface area contributed by atoms with Gasteiger partial charge in [-0.15, -0.1) is 0 Å². The zero-order valence-electron chi connectivity index (χ0n) is 15.2. The maximum Gasteiger partial charge on any atom is 0.319 e. The summed E-state index contributed by atoms with van der Waals surface area (Å²) < 4.78 is 0. The van der Waals surface area contributed by atoms with Gasteiger partial charge in [-0.1, -0.05) is 23.8 Å². The highest BCUT2D eigenvalue weighted by Crippen LogP contribution is 2.28. The summed E-state index contributed by atoms with van der Waals surface area (Å²) >= 11 is 0. The van der Waals surface area contributed by atoms with E-state index in [0.29, 0.717) is 23.5 Å². The molecule has 1 aromatic heterocycles. The van der Waals surface area contributed by atoms with Gasteiger partial charge in [-0.3, -0.25) is 9.89 Å². The van der Waals surface area contributed by atoms with Crippen molar-refractivity contribution in [3.8, 4) is 11.3 Å². The van der Waals surface area contributed by atoms with Crippen molar-refractivity contribution in [1.29, 1.82) is 0 Å². The molecule has 0 bridgehead atoms. The maximum atomic E-state index is 12.0. The molecule has 0 unspecified atom stereocenters. The van der Waals surface area contributed by atoms with Crippen molar-refractivity contribution < 1.29 is 9.59 Å². The second kappa shape index (κ2) is 7.74. The molecule has 27 heavy (non-hydrogen) atoms. The quantitative estimate of drug-likeness (QED) is 0.521. The minimum absolute atomic E-state index is 0.281. The largest absolute Gasteiger partial charge is 0.366 e. The summed E-state index contributed by atoms with van der Waals surface area (Å²) in [6.45, 7) is 4.36. The molecule has 0 aliphatic heterocycles. The second-order valence-corrected chi connectivity index (χ2v) is 6.22. The Labute approximate surface area is 156 Å². The summed E-state index contributed by atoms with van der Waals surface area (Å²) in [6.07, 6.45) is 1.95.